The standard InChI is InChI=1S/C12H15BrO2/c1-7(2)10-5-4-9(6-11(10)13)8(3)12(14)15/h4-8H,1-3H3,(H,14,15). The van der Waals surface area contributed by atoms with Crippen LogP contribution in [0.4, 0.5) is 0 Å². The minimum Gasteiger partial charge on any atom is -0.481 e. The Bertz CT molecular complexity index is 372. The largest absolute Gasteiger partial charge is 0.481 e. The van der Waals surface area contributed by atoms with Gasteiger partial charge in [0.05, 0.1) is 5.92 Å². The van der Waals surface area contributed by atoms with E-state index >= 15 is 0 Å². The van der Waals surface area contributed by atoms with Gasteiger partial charge in [-0.25, -0.2) is 0 Å². The number of carboxylic acid groups (broad SMARTS) is 1. The zero-order chi connectivity index (χ0) is 11.6. The summed E-state index contributed by atoms with van der Waals surface area (Å²) in [6.45, 7) is 5.92. The molecule has 0 spiro atoms. The Morgan fingerprint density at radius 2 is 1.93 bits per heavy atom. The summed E-state index contributed by atoms with van der Waals surface area (Å²) in [6, 6.07) is 5.77. The molecule has 3 heteroatoms. The molecule has 0 fully saturated rings. The van der Waals surface area contributed by atoms with Crippen LogP contribution in [0.15, 0.2) is 22.7 Å². The minimum atomic E-state index is -0.792. The molecular formula is C12H15BrO2. The van der Waals surface area contributed by atoms with Gasteiger partial charge in [-0.15, -0.1) is 0 Å². The summed E-state index contributed by atoms with van der Waals surface area (Å²) in [6.07, 6.45) is 0. The molecule has 0 amide bonds. The maximum absolute atomic E-state index is 10.8. The lowest BCUT2D eigenvalue weighted by Gasteiger charge is -2.12. The average molecular weight is 271 g/mol. The number of rotatable bonds is 3. The number of aliphatic carboxylic acids is 1. The van der Waals surface area contributed by atoms with Crippen LogP contribution in [0.5, 0.6) is 0 Å². The van der Waals surface area contributed by atoms with E-state index in [4.69, 9.17) is 5.11 Å². The third kappa shape index (κ3) is 2.81. The normalized spacial score (nSPS) is 12.9. The van der Waals surface area contributed by atoms with Crippen LogP contribution in [0.1, 0.15) is 43.7 Å². The summed E-state index contributed by atoms with van der Waals surface area (Å²) in [5.74, 6) is -0.810. The fourth-order valence-corrected chi connectivity index (χ4v) is 2.28. The third-order valence-corrected chi connectivity index (χ3v) is 3.20. The number of halogens is 1. The van der Waals surface area contributed by atoms with Crippen molar-refractivity contribution in [3.8, 4) is 0 Å². The topological polar surface area (TPSA) is 37.3 Å². The molecule has 0 aliphatic carbocycles. The smallest absolute Gasteiger partial charge is 0.310 e. The number of hydrogen-bond donors (Lipinski definition) is 1. The molecule has 0 heterocycles. The second kappa shape index (κ2) is 4.79. The van der Waals surface area contributed by atoms with Crippen molar-refractivity contribution >= 4 is 21.9 Å². The minimum absolute atomic E-state index is 0.438. The maximum atomic E-state index is 10.8. The van der Waals surface area contributed by atoms with Gasteiger partial charge in [0.15, 0.2) is 0 Å². The van der Waals surface area contributed by atoms with Gasteiger partial charge in [0.1, 0.15) is 0 Å². The molecule has 0 aromatic heterocycles. The lowest BCUT2D eigenvalue weighted by atomic mass is 9.96. The quantitative estimate of drug-likeness (QED) is 0.908. The van der Waals surface area contributed by atoms with E-state index in [0.29, 0.717) is 5.92 Å². The fraction of sp³-hybridized carbons (Fsp3) is 0.417. The molecule has 82 valence electrons. The summed E-state index contributed by atoms with van der Waals surface area (Å²) in [5, 5.41) is 8.89. The average Bonchev–Trinajstić information content (AvgIpc) is 2.15. The van der Waals surface area contributed by atoms with Gasteiger partial charge < -0.3 is 5.11 Å². The van der Waals surface area contributed by atoms with E-state index in [-0.39, 0.29) is 0 Å². The highest BCUT2D eigenvalue weighted by atomic mass is 79.9. The Kier molecular flexibility index (Phi) is 3.91. The first kappa shape index (κ1) is 12.2. The Labute approximate surface area is 98.4 Å². The molecule has 2 nitrogen and oxygen atoms in total. The zero-order valence-corrected chi connectivity index (χ0v) is 10.7. The van der Waals surface area contributed by atoms with Crippen molar-refractivity contribution in [2.45, 2.75) is 32.6 Å². The van der Waals surface area contributed by atoms with Gasteiger partial charge in [0.2, 0.25) is 0 Å². The molecule has 1 unspecified atom stereocenters. The molecule has 0 radical (unpaired) electrons. The molecular weight excluding hydrogens is 256 g/mol. The molecule has 0 bridgehead atoms. The van der Waals surface area contributed by atoms with E-state index in [0.717, 1.165) is 10.0 Å². The Balaban J connectivity index is 3.06. The van der Waals surface area contributed by atoms with Gasteiger partial charge in [-0.2, -0.15) is 0 Å². The van der Waals surface area contributed by atoms with Crippen molar-refractivity contribution in [2.75, 3.05) is 0 Å². The van der Waals surface area contributed by atoms with E-state index in [1.165, 1.54) is 5.56 Å². The predicted molar refractivity (Wildman–Crippen MR) is 64.3 cm³/mol. The highest BCUT2D eigenvalue weighted by Gasteiger charge is 2.15. The summed E-state index contributed by atoms with van der Waals surface area (Å²) in [5.41, 5.74) is 2.04. The van der Waals surface area contributed by atoms with Crippen molar-refractivity contribution in [1.29, 1.82) is 0 Å². The fourth-order valence-electron chi connectivity index (χ4n) is 1.42. The summed E-state index contributed by atoms with van der Waals surface area (Å²) in [7, 11) is 0. The van der Waals surface area contributed by atoms with Crippen LogP contribution in [0.2, 0.25) is 0 Å². The maximum Gasteiger partial charge on any atom is 0.310 e. The summed E-state index contributed by atoms with van der Waals surface area (Å²) in [4.78, 5) is 10.8. The summed E-state index contributed by atoms with van der Waals surface area (Å²) >= 11 is 3.47. The highest BCUT2D eigenvalue weighted by Crippen LogP contribution is 2.28. The molecule has 1 aromatic carbocycles. The first-order chi connectivity index (χ1) is 6.93. The van der Waals surface area contributed by atoms with Crippen LogP contribution >= 0.6 is 15.9 Å². The van der Waals surface area contributed by atoms with Crippen molar-refractivity contribution < 1.29 is 9.90 Å². The van der Waals surface area contributed by atoms with Crippen LogP contribution in [-0.2, 0) is 4.79 Å². The van der Waals surface area contributed by atoms with Crippen LogP contribution < -0.4 is 0 Å². The van der Waals surface area contributed by atoms with Crippen molar-refractivity contribution in [2.24, 2.45) is 0 Å². The van der Waals surface area contributed by atoms with E-state index in [1.807, 2.05) is 18.2 Å². The molecule has 1 aromatic rings. The van der Waals surface area contributed by atoms with E-state index in [9.17, 15) is 4.79 Å². The number of benzene rings is 1. The Hall–Kier alpha value is -0.830. The summed E-state index contributed by atoms with van der Waals surface area (Å²) < 4.78 is 0.989. The molecule has 0 saturated carbocycles. The van der Waals surface area contributed by atoms with Crippen molar-refractivity contribution in [3.05, 3.63) is 33.8 Å². The molecule has 1 N–H and O–H groups in total. The number of hydrogen-bond acceptors (Lipinski definition) is 1. The van der Waals surface area contributed by atoms with Gasteiger partial charge in [0.25, 0.3) is 0 Å². The molecule has 0 aliphatic rings. The molecule has 15 heavy (non-hydrogen) atoms. The second-order valence-corrected chi connectivity index (χ2v) is 4.85. The monoisotopic (exact) mass is 270 g/mol. The molecule has 1 rings (SSSR count). The molecule has 0 saturated heterocycles. The lowest BCUT2D eigenvalue weighted by molar-refractivity contribution is -0.138. The van der Waals surface area contributed by atoms with Crippen molar-refractivity contribution in [1.82, 2.24) is 0 Å². The van der Waals surface area contributed by atoms with Crippen LogP contribution in [0, 0.1) is 0 Å². The number of carbonyl (C=O) groups is 1. The van der Waals surface area contributed by atoms with Gasteiger partial charge in [-0.05, 0) is 30.0 Å². The molecule has 0 aliphatic heterocycles. The highest BCUT2D eigenvalue weighted by molar-refractivity contribution is 9.10. The van der Waals surface area contributed by atoms with Crippen LogP contribution in [0.3, 0.4) is 0 Å². The van der Waals surface area contributed by atoms with E-state index < -0.39 is 11.9 Å². The Morgan fingerprint density at radius 3 is 2.33 bits per heavy atom. The lowest BCUT2D eigenvalue weighted by Crippen LogP contribution is -2.07. The zero-order valence-electron chi connectivity index (χ0n) is 9.12. The van der Waals surface area contributed by atoms with Crippen molar-refractivity contribution in [3.63, 3.8) is 0 Å². The molecule has 1 atom stereocenters. The Morgan fingerprint density at radius 1 is 1.33 bits per heavy atom. The first-order valence-electron chi connectivity index (χ1n) is 4.95. The van der Waals surface area contributed by atoms with Crippen LogP contribution in [-0.4, -0.2) is 11.1 Å². The van der Waals surface area contributed by atoms with Gasteiger partial charge in [-0.1, -0.05) is 41.9 Å². The SMILES string of the molecule is CC(C)c1ccc(C(C)C(=O)O)cc1Br. The predicted octanol–water partition coefficient (Wildman–Crippen LogP) is 3.76. The second-order valence-electron chi connectivity index (χ2n) is 4.00. The van der Waals surface area contributed by atoms with E-state index in [1.54, 1.807) is 6.92 Å². The van der Waals surface area contributed by atoms with Crippen LogP contribution in [0.25, 0.3) is 0 Å². The third-order valence-electron chi connectivity index (χ3n) is 2.52. The van der Waals surface area contributed by atoms with E-state index in [2.05, 4.69) is 29.8 Å². The van der Waals surface area contributed by atoms with Gasteiger partial charge in [-0.3, -0.25) is 4.79 Å². The van der Waals surface area contributed by atoms with Gasteiger partial charge in [0, 0.05) is 4.47 Å². The van der Waals surface area contributed by atoms with Gasteiger partial charge >= 0.3 is 5.97 Å². The number of carboxylic acids is 1. The first-order valence-corrected chi connectivity index (χ1v) is 5.75.